The number of urea groups is 1. The number of amides is 4. The topological polar surface area (TPSA) is 85.4 Å². The lowest BCUT2D eigenvalue weighted by atomic mass is 9.98. The molecule has 3 aromatic rings. The number of benzene rings is 3. The molecule has 9 nitrogen and oxygen atoms in total. The van der Waals surface area contributed by atoms with Crippen LogP contribution in [0.4, 0.5) is 4.79 Å². The fraction of sp³-hybridized carbons (Fsp3) is 0.323. The van der Waals surface area contributed by atoms with Crippen molar-refractivity contribution in [1.29, 1.82) is 0 Å². The van der Waals surface area contributed by atoms with Crippen LogP contribution in [0.15, 0.2) is 78.9 Å². The quantitative estimate of drug-likeness (QED) is 0.519. The Labute approximate surface area is 233 Å². The zero-order valence-electron chi connectivity index (χ0n) is 22.7. The number of ether oxygens (including phenoxy) is 1. The van der Waals surface area contributed by atoms with Crippen LogP contribution >= 0.6 is 0 Å². The van der Waals surface area contributed by atoms with E-state index >= 15 is 0 Å². The molecule has 6 rings (SSSR count). The summed E-state index contributed by atoms with van der Waals surface area (Å²) in [6, 6.07) is 24.0. The van der Waals surface area contributed by atoms with E-state index in [-0.39, 0.29) is 30.9 Å². The Kier molecular flexibility index (Phi) is 6.89. The van der Waals surface area contributed by atoms with E-state index in [1.807, 2.05) is 72.8 Å². The van der Waals surface area contributed by atoms with Gasteiger partial charge in [0.25, 0.3) is 5.91 Å². The maximum Gasteiger partial charge on any atom is 0.332 e. The summed E-state index contributed by atoms with van der Waals surface area (Å²) >= 11 is 0. The van der Waals surface area contributed by atoms with Gasteiger partial charge in [0.05, 0.1) is 19.7 Å². The number of hydrogen-bond acceptors (Lipinski definition) is 5. The smallest absolute Gasteiger partial charge is 0.332 e. The predicted molar refractivity (Wildman–Crippen MR) is 149 cm³/mol. The highest BCUT2D eigenvalue weighted by Gasteiger charge is 2.52. The molecule has 2 fully saturated rings. The van der Waals surface area contributed by atoms with Crippen molar-refractivity contribution >= 4 is 17.8 Å². The van der Waals surface area contributed by atoms with E-state index in [1.165, 1.54) is 5.01 Å². The first kappa shape index (κ1) is 25.9. The van der Waals surface area contributed by atoms with E-state index in [1.54, 1.807) is 21.9 Å². The van der Waals surface area contributed by atoms with Crippen molar-refractivity contribution in [3.63, 3.8) is 0 Å². The SMILES string of the molecule is CC1COc2c(CN3C[C@H]4N(C(=O)CN4N(C)C(=O)NCc4ccccc4)[C@@H](c4ccccc4)C3=O)cccc21. The number of nitrogens with zero attached hydrogens (tertiary/aromatic N) is 4. The number of hydrogen-bond donors (Lipinski definition) is 1. The molecule has 1 unspecified atom stereocenters. The Morgan fingerprint density at radius 1 is 1.00 bits per heavy atom. The van der Waals surface area contributed by atoms with Gasteiger partial charge in [-0.05, 0) is 11.1 Å². The van der Waals surface area contributed by atoms with Crippen LogP contribution in [-0.4, -0.2) is 70.6 Å². The molecule has 0 aliphatic carbocycles. The van der Waals surface area contributed by atoms with Crippen molar-refractivity contribution in [1.82, 2.24) is 25.1 Å². The summed E-state index contributed by atoms with van der Waals surface area (Å²) in [5, 5.41) is 6.16. The Morgan fingerprint density at radius 2 is 1.73 bits per heavy atom. The van der Waals surface area contributed by atoms with Crippen LogP contribution in [0.2, 0.25) is 0 Å². The number of carbonyl (C=O) groups is 3. The van der Waals surface area contributed by atoms with E-state index in [2.05, 4.69) is 18.3 Å². The summed E-state index contributed by atoms with van der Waals surface area (Å²) in [5.41, 5.74) is 3.82. The summed E-state index contributed by atoms with van der Waals surface area (Å²) in [5.74, 6) is 0.814. The van der Waals surface area contributed by atoms with Crippen LogP contribution in [0, 0.1) is 0 Å². The lowest BCUT2D eigenvalue weighted by Crippen LogP contribution is -2.62. The molecule has 206 valence electrons. The number of para-hydroxylation sites is 1. The minimum absolute atomic E-state index is 0.00569. The van der Waals surface area contributed by atoms with Gasteiger partial charge in [-0.3, -0.25) is 14.6 Å². The number of carbonyl (C=O) groups excluding carboxylic acids is 3. The molecule has 3 aliphatic rings. The van der Waals surface area contributed by atoms with Gasteiger partial charge in [0.2, 0.25) is 5.91 Å². The molecule has 9 heteroatoms. The van der Waals surface area contributed by atoms with Crippen molar-refractivity contribution < 1.29 is 19.1 Å². The molecule has 3 aliphatic heterocycles. The lowest BCUT2D eigenvalue weighted by Gasteiger charge is -2.45. The Morgan fingerprint density at radius 3 is 2.48 bits per heavy atom. The van der Waals surface area contributed by atoms with E-state index in [0.29, 0.717) is 25.6 Å². The third-order valence-corrected chi connectivity index (χ3v) is 8.04. The summed E-state index contributed by atoms with van der Waals surface area (Å²) in [7, 11) is 1.66. The molecule has 0 bridgehead atoms. The number of hydrazine groups is 1. The van der Waals surface area contributed by atoms with Crippen LogP contribution < -0.4 is 10.1 Å². The van der Waals surface area contributed by atoms with Gasteiger partial charge in [0.15, 0.2) is 0 Å². The van der Waals surface area contributed by atoms with Gasteiger partial charge in [0.1, 0.15) is 18.0 Å². The maximum atomic E-state index is 14.0. The second-order valence-corrected chi connectivity index (χ2v) is 10.6. The molecule has 0 aromatic heterocycles. The molecule has 40 heavy (non-hydrogen) atoms. The summed E-state index contributed by atoms with van der Waals surface area (Å²) in [6.45, 7) is 3.75. The van der Waals surface area contributed by atoms with Gasteiger partial charge < -0.3 is 19.9 Å². The fourth-order valence-electron chi connectivity index (χ4n) is 5.90. The van der Waals surface area contributed by atoms with Crippen LogP contribution in [0.1, 0.15) is 41.1 Å². The standard InChI is InChI=1S/C31H33N5O4/c1-21-20-40-29-24(14-9-15-25(21)29)17-34-18-26-35(33(2)31(39)32-16-22-10-5-3-6-11-22)19-27(37)36(26)28(30(34)38)23-12-7-4-8-13-23/h3-15,21,26,28H,16-20H2,1-2H3,(H,32,39)/t21?,26-,28+/m1/s1. The Balaban J connectivity index is 1.28. The van der Waals surface area contributed by atoms with Crippen molar-refractivity contribution in [2.75, 3.05) is 26.7 Å². The Bertz CT molecular complexity index is 1420. The van der Waals surface area contributed by atoms with E-state index in [9.17, 15) is 14.4 Å². The minimum Gasteiger partial charge on any atom is -0.492 e. The lowest BCUT2D eigenvalue weighted by molar-refractivity contribution is -0.157. The molecule has 1 N–H and O–H groups in total. The molecule has 4 amide bonds. The van der Waals surface area contributed by atoms with Gasteiger partial charge >= 0.3 is 6.03 Å². The first-order valence-electron chi connectivity index (χ1n) is 13.6. The first-order valence-corrected chi connectivity index (χ1v) is 13.6. The maximum absolute atomic E-state index is 14.0. The van der Waals surface area contributed by atoms with E-state index in [0.717, 1.165) is 28.0 Å². The molecule has 3 aromatic carbocycles. The molecule has 0 spiro atoms. The number of rotatable bonds is 6. The van der Waals surface area contributed by atoms with E-state index < -0.39 is 12.2 Å². The molecule has 3 heterocycles. The van der Waals surface area contributed by atoms with Crippen molar-refractivity contribution in [3.8, 4) is 5.75 Å². The zero-order valence-corrected chi connectivity index (χ0v) is 22.7. The zero-order chi connectivity index (χ0) is 27.8. The minimum atomic E-state index is -0.783. The average Bonchev–Trinajstić information content (AvgIpc) is 3.52. The molecular formula is C31H33N5O4. The number of fused-ring (bicyclic) bond motifs is 2. The fourth-order valence-corrected chi connectivity index (χ4v) is 5.90. The highest BCUT2D eigenvalue weighted by molar-refractivity contribution is 5.92. The van der Waals surface area contributed by atoms with Gasteiger partial charge in [-0.2, -0.15) is 5.01 Å². The van der Waals surface area contributed by atoms with Crippen LogP contribution in [0.5, 0.6) is 5.75 Å². The monoisotopic (exact) mass is 539 g/mol. The van der Waals surface area contributed by atoms with Crippen LogP contribution in [-0.2, 0) is 22.7 Å². The van der Waals surface area contributed by atoms with Crippen LogP contribution in [0.3, 0.4) is 0 Å². The number of nitrogens with one attached hydrogen (secondary N) is 1. The third kappa shape index (κ3) is 4.66. The van der Waals surface area contributed by atoms with Gasteiger partial charge in [-0.15, -0.1) is 0 Å². The normalized spacial score (nSPS) is 22.1. The highest BCUT2D eigenvalue weighted by Crippen LogP contribution is 2.40. The molecule has 0 radical (unpaired) electrons. The van der Waals surface area contributed by atoms with Gasteiger partial charge in [-0.1, -0.05) is 85.8 Å². The summed E-state index contributed by atoms with van der Waals surface area (Å²) in [4.78, 5) is 44.1. The van der Waals surface area contributed by atoms with Crippen molar-refractivity contribution in [3.05, 3.63) is 101 Å². The summed E-state index contributed by atoms with van der Waals surface area (Å²) < 4.78 is 6.01. The van der Waals surface area contributed by atoms with Crippen molar-refractivity contribution in [2.24, 2.45) is 0 Å². The van der Waals surface area contributed by atoms with E-state index in [4.69, 9.17) is 4.74 Å². The van der Waals surface area contributed by atoms with Gasteiger partial charge in [-0.25, -0.2) is 4.79 Å². The third-order valence-electron chi connectivity index (χ3n) is 8.04. The van der Waals surface area contributed by atoms with Gasteiger partial charge in [0, 0.05) is 37.2 Å². The Hall–Kier alpha value is -4.37. The molecule has 3 atom stereocenters. The van der Waals surface area contributed by atoms with Crippen LogP contribution in [0.25, 0.3) is 0 Å². The first-order chi connectivity index (χ1) is 19.4. The average molecular weight is 540 g/mol. The van der Waals surface area contributed by atoms with Crippen molar-refractivity contribution in [2.45, 2.75) is 38.1 Å². The molecular weight excluding hydrogens is 506 g/mol. The predicted octanol–water partition coefficient (Wildman–Crippen LogP) is 3.49. The second-order valence-electron chi connectivity index (χ2n) is 10.6. The molecule has 2 saturated heterocycles. The number of piperazine rings is 1. The molecule has 0 saturated carbocycles. The summed E-state index contributed by atoms with van der Waals surface area (Å²) in [6.07, 6.45) is -0.500. The largest absolute Gasteiger partial charge is 0.492 e. The highest BCUT2D eigenvalue weighted by atomic mass is 16.5. The second kappa shape index (κ2) is 10.7.